The molecule has 0 saturated heterocycles. The Hall–Kier alpha value is -2.05. The third-order valence-corrected chi connectivity index (χ3v) is 5.34. The predicted molar refractivity (Wildman–Crippen MR) is 96.1 cm³/mol. The van der Waals surface area contributed by atoms with Crippen LogP contribution in [0.4, 0.5) is 5.13 Å². The van der Waals surface area contributed by atoms with E-state index in [2.05, 4.69) is 39.9 Å². The van der Waals surface area contributed by atoms with Crippen molar-refractivity contribution in [2.45, 2.75) is 26.7 Å². The van der Waals surface area contributed by atoms with E-state index >= 15 is 0 Å². The van der Waals surface area contributed by atoms with Crippen LogP contribution >= 0.6 is 22.7 Å². The van der Waals surface area contributed by atoms with E-state index in [1.807, 2.05) is 13.0 Å². The Balaban J connectivity index is 1.71. The fourth-order valence-corrected chi connectivity index (χ4v) is 4.10. The standard InChI is InChI=1S/C17H17N3OS2/c1-11-16(23-17(18-11)19-12(2)21)14-10-22-15(20-14)9-8-13-6-4-3-5-7-13/h3-7,10H,8-9H2,1-2H3,(H,18,19,21). The number of nitrogens with zero attached hydrogens (tertiary/aromatic N) is 2. The molecule has 0 atom stereocenters. The number of rotatable bonds is 5. The summed E-state index contributed by atoms with van der Waals surface area (Å²) in [5.41, 5.74) is 3.18. The Morgan fingerprint density at radius 1 is 1.17 bits per heavy atom. The van der Waals surface area contributed by atoms with Crippen LogP contribution in [0.3, 0.4) is 0 Å². The van der Waals surface area contributed by atoms with Crippen LogP contribution in [-0.2, 0) is 17.6 Å². The van der Waals surface area contributed by atoms with E-state index in [0.717, 1.165) is 34.1 Å². The molecule has 0 saturated carbocycles. The second-order valence-electron chi connectivity index (χ2n) is 5.23. The Morgan fingerprint density at radius 3 is 2.70 bits per heavy atom. The van der Waals surface area contributed by atoms with Gasteiger partial charge in [-0.15, -0.1) is 11.3 Å². The summed E-state index contributed by atoms with van der Waals surface area (Å²) in [7, 11) is 0. The number of aromatic nitrogens is 2. The summed E-state index contributed by atoms with van der Waals surface area (Å²) in [6.45, 7) is 3.43. The van der Waals surface area contributed by atoms with Gasteiger partial charge in [0.25, 0.3) is 0 Å². The first-order valence-electron chi connectivity index (χ1n) is 7.35. The molecule has 0 radical (unpaired) electrons. The highest BCUT2D eigenvalue weighted by atomic mass is 32.1. The Labute approximate surface area is 143 Å². The molecule has 0 fully saturated rings. The van der Waals surface area contributed by atoms with Crippen molar-refractivity contribution in [3.63, 3.8) is 0 Å². The maximum Gasteiger partial charge on any atom is 0.223 e. The number of anilines is 1. The number of amides is 1. The largest absolute Gasteiger partial charge is 0.302 e. The molecule has 0 bridgehead atoms. The van der Waals surface area contributed by atoms with Gasteiger partial charge in [-0.25, -0.2) is 9.97 Å². The summed E-state index contributed by atoms with van der Waals surface area (Å²) >= 11 is 3.15. The highest BCUT2D eigenvalue weighted by Crippen LogP contribution is 2.33. The normalized spacial score (nSPS) is 10.7. The minimum atomic E-state index is -0.105. The summed E-state index contributed by atoms with van der Waals surface area (Å²) in [6, 6.07) is 10.4. The van der Waals surface area contributed by atoms with Gasteiger partial charge in [0, 0.05) is 18.7 Å². The van der Waals surface area contributed by atoms with Crippen molar-refractivity contribution >= 4 is 33.7 Å². The summed E-state index contributed by atoms with van der Waals surface area (Å²) in [4.78, 5) is 21.3. The number of thiazole rings is 2. The highest BCUT2D eigenvalue weighted by Gasteiger charge is 2.13. The molecule has 4 nitrogen and oxygen atoms in total. The van der Waals surface area contributed by atoms with Gasteiger partial charge in [-0.2, -0.15) is 0 Å². The maximum atomic E-state index is 11.1. The van der Waals surface area contributed by atoms with Crippen LogP contribution in [0.5, 0.6) is 0 Å². The Kier molecular flexibility index (Phi) is 4.83. The molecule has 6 heteroatoms. The van der Waals surface area contributed by atoms with E-state index in [1.165, 1.54) is 23.8 Å². The van der Waals surface area contributed by atoms with Crippen LogP contribution in [-0.4, -0.2) is 15.9 Å². The summed E-state index contributed by atoms with van der Waals surface area (Å²) in [6.07, 6.45) is 1.93. The van der Waals surface area contributed by atoms with Crippen molar-refractivity contribution in [2.24, 2.45) is 0 Å². The molecule has 1 N–H and O–H groups in total. The first kappa shape index (κ1) is 15.8. The van der Waals surface area contributed by atoms with E-state index in [0.29, 0.717) is 5.13 Å². The molecular weight excluding hydrogens is 326 g/mol. The topological polar surface area (TPSA) is 54.9 Å². The number of carbonyl (C=O) groups is 1. The van der Waals surface area contributed by atoms with Gasteiger partial charge in [0.05, 0.1) is 21.3 Å². The van der Waals surface area contributed by atoms with Gasteiger partial charge in [0.1, 0.15) is 0 Å². The van der Waals surface area contributed by atoms with Crippen molar-refractivity contribution in [3.05, 3.63) is 52.0 Å². The van der Waals surface area contributed by atoms with Gasteiger partial charge in [0.2, 0.25) is 5.91 Å². The van der Waals surface area contributed by atoms with Crippen LogP contribution in [0.25, 0.3) is 10.6 Å². The zero-order valence-electron chi connectivity index (χ0n) is 13.0. The molecule has 2 heterocycles. The quantitative estimate of drug-likeness (QED) is 0.750. The van der Waals surface area contributed by atoms with Crippen LogP contribution in [0.15, 0.2) is 35.7 Å². The lowest BCUT2D eigenvalue weighted by atomic mass is 10.1. The number of nitrogens with one attached hydrogen (secondary N) is 1. The fraction of sp³-hybridized carbons (Fsp3) is 0.235. The fourth-order valence-electron chi connectivity index (χ4n) is 2.26. The van der Waals surface area contributed by atoms with E-state index in [4.69, 9.17) is 4.98 Å². The van der Waals surface area contributed by atoms with Gasteiger partial charge in [-0.3, -0.25) is 4.79 Å². The van der Waals surface area contributed by atoms with Crippen LogP contribution in [0, 0.1) is 6.92 Å². The maximum absolute atomic E-state index is 11.1. The second kappa shape index (κ2) is 7.02. The summed E-state index contributed by atoms with van der Waals surface area (Å²) < 4.78 is 0. The van der Waals surface area contributed by atoms with Crippen molar-refractivity contribution in [2.75, 3.05) is 5.32 Å². The molecule has 0 spiro atoms. The molecular formula is C17H17N3OS2. The first-order valence-corrected chi connectivity index (χ1v) is 9.05. The molecule has 3 aromatic rings. The van der Waals surface area contributed by atoms with Crippen molar-refractivity contribution < 1.29 is 4.79 Å². The molecule has 23 heavy (non-hydrogen) atoms. The smallest absolute Gasteiger partial charge is 0.223 e. The first-order chi connectivity index (χ1) is 11.1. The van der Waals surface area contributed by atoms with Gasteiger partial charge in [-0.1, -0.05) is 41.7 Å². The lowest BCUT2D eigenvalue weighted by molar-refractivity contribution is -0.114. The molecule has 0 aliphatic rings. The second-order valence-corrected chi connectivity index (χ2v) is 7.17. The molecule has 1 amide bonds. The Morgan fingerprint density at radius 2 is 1.96 bits per heavy atom. The molecule has 0 aliphatic carbocycles. The third kappa shape index (κ3) is 4.03. The van der Waals surface area contributed by atoms with Gasteiger partial charge in [-0.05, 0) is 18.9 Å². The summed E-state index contributed by atoms with van der Waals surface area (Å²) in [5, 5.41) is 6.55. The minimum absolute atomic E-state index is 0.105. The van der Waals surface area contributed by atoms with E-state index in [1.54, 1.807) is 11.3 Å². The Bertz CT molecular complexity index is 808. The lowest BCUT2D eigenvalue weighted by Gasteiger charge is -1.98. The van der Waals surface area contributed by atoms with E-state index in [-0.39, 0.29) is 5.91 Å². The van der Waals surface area contributed by atoms with E-state index < -0.39 is 0 Å². The molecule has 0 aliphatic heterocycles. The molecule has 1 aromatic carbocycles. The van der Waals surface area contributed by atoms with Gasteiger partial charge in [0.15, 0.2) is 5.13 Å². The predicted octanol–water partition coefficient (Wildman–Crippen LogP) is 4.32. The monoisotopic (exact) mass is 343 g/mol. The highest BCUT2D eigenvalue weighted by molar-refractivity contribution is 7.19. The number of aryl methyl sites for hydroxylation is 3. The zero-order chi connectivity index (χ0) is 16.2. The average Bonchev–Trinajstić information content (AvgIpc) is 3.12. The van der Waals surface area contributed by atoms with Crippen LogP contribution in [0.1, 0.15) is 23.2 Å². The lowest BCUT2D eigenvalue weighted by Crippen LogP contribution is -2.04. The minimum Gasteiger partial charge on any atom is -0.302 e. The molecule has 118 valence electrons. The number of hydrogen-bond donors (Lipinski definition) is 1. The van der Waals surface area contributed by atoms with Gasteiger partial charge < -0.3 is 5.32 Å². The van der Waals surface area contributed by atoms with Crippen LogP contribution in [0.2, 0.25) is 0 Å². The summed E-state index contributed by atoms with van der Waals surface area (Å²) in [5.74, 6) is -0.105. The van der Waals surface area contributed by atoms with Gasteiger partial charge >= 0.3 is 0 Å². The van der Waals surface area contributed by atoms with E-state index in [9.17, 15) is 4.79 Å². The van der Waals surface area contributed by atoms with Crippen molar-refractivity contribution in [3.8, 4) is 10.6 Å². The zero-order valence-corrected chi connectivity index (χ0v) is 14.6. The number of benzene rings is 1. The van der Waals surface area contributed by atoms with Crippen LogP contribution < -0.4 is 5.32 Å². The molecule has 2 aromatic heterocycles. The number of hydrogen-bond acceptors (Lipinski definition) is 5. The third-order valence-electron chi connectivity index (χ3n) is 3.33. The SMILES string of the molecule is CC(=O)Nc1nc(C)c(-c2csc(CCc3ccccc3)n2)s1. The molecule has 0 unspecified atom stereocenters. The van der Waals surface area contributed by atoms with Crippen molar-refractivity contribution in [1.29, 1.82) is 0 Å². The molecule has 3 rings (SSSR count). The van der Waals surface area contributed by atoms with Crippen molar-refractivity contribution in [1.82, 2.24) is 9.97 Å². The average molecular weight is 343 g/mol. The number of carbonyl (C=O) groups excluding carboxylic acids is 1.